The summed E-state index contributed by atoms with van der Waals surface area (Å²) in [4.78, 5) is 27.4. The summed E-state index contributed by atoms with van der Waals surface area (Å²) >= 11 is 0. The van der Waals surface area contributed by atoms with Gasteiger partial charge < -0.3 is 26.0 Å². The van der Waals surface area contributed by atoms with Crippen molar-refractivity contribution in [2.24, 2.45) is 0 Å². The minimum atomic E-state index is -1.26. The predicted octanol–water partition coefficient (Wildman–Crippen LogP) is 2.67. The molecular formula is C19H30N4O3. The van der Waals surface area contributed by atoms with Gasteiger partial charge in [-0.25, -0.2) is 4.79 Å². The van der Waals surface area contributed by atoms with Crippen LogP contribution in [0.5, 0.6) is 0 Å². The minimum absolute atomic E-state index is 0.155. The van der Waals surface area contributed by atoms with E-state index >= 15 is 0 Å². The number of nitrogen functional groups attached to an aromatic ring is 1. The highest BCUT2D eigenvalue weighted by Crippen LogP contribution is 2.30. The molecule has 144 valence electrons. The number of hydrogen-bond acceptors (Lipinski definition) is 5. The van der Waals surface area contributed by atoms with Crippen LogP contribution in [0.4, 0.5) is 16.2 Å². The molecule has 7 nitrogen and oxygen atoms in total. The number of nitrogens with two attached hydrogens (primary N) is 1. The Kier molecular flexibility index (Phi) is 5.68. The quantitative estimate of drug-likeness (QED) is 0.716. The van der Waals surface area contributed by atoms with E-state index in [1.807, 2.05) is 0 Å². The van der Waals surface area contributed by atoms with Gasteiger partial charge >= 0.3 is 6.09 Å². The maximum absolute atomic E-state index is 13.2. The third-order valence-corrected chi connectivity index (χ3v) is 4.47. The first-order valence-corrected chi connectivity index (χ1v) is 8.95. The van der Waals surface area contributed by atoms with E-state index in [9.17, 15) is 9.59 Å². The number of rotatable bonds is 4. The molecule has 1 aromatic carbocycles. The summed E-state index contributed by atoms with van der Waals surface area (Å²) in [6.07, 6.45) is 1.30. The Balaban J connectivity index is 2.38. The first-order chi connectivity index (χ1) is 12.1. The Morgan fingerprint density at radius 1 is 1.15 bits per heavy atom. The largest absolute Gasteiger partial charge is 0.444 e. The van der Waals surface area contributed by atoms with Gasteiger partial charge in [-0.05, 0) is 58.2 Å². The molecule has 1 atom stereocenters. The van der Waals surface area contributed by atoms with Gasteiger partial charge in [0.2, 0.25) is 0 Å². The number of carbonyl (C=O) groups is 2. The summed E-state index contributed by atoms with van der Waals surface area (Å²) in [5.41, 5.74) is 6.07. The molecule has 2 rings (SSSR count). The van der Waals surface area contributed by atoms with E-state index in [-0.39, 0.29) is 5.91 Å². The highest BCUT2D eigenvalue weighted by molar-refractivity contribution is 5.91. The monoisotopic (exact) mass is 362 g/mol. The third kappa shape index (κ3) is 4.39. The van der Waals surface area contributed by atoms with Crippen molar-refractivity contribution in [3.63, 3.8) is 0 Å². The average molecular weight is 362 g/mol. The second kappa shape index (κ2) is 7.43. The first-order valence-electron chi connectivity index (χ1n) is 8.95. The first kappa shape index (κ1) is 19.9. The van der Waals surface area contributed by atoms with Crippen LogP contribution in [0.2, 0.25) is 0 Å². The normalized spacial score (nSPS) is 16.7. The lowest BCUT2D eigenvalue weighted by molar-refractivity contribution is -0.137. The Morgan fingerprint density at radius 2 is 1.77 bits per heavy atom. The number of amides is 2. The number of anilines is 2. The molecule has 1 unspecified atom stereocenters. The van der Waals surface area contributed by atoms with E-state index in [2.05, 4.69) is 10.6 Å². The van der Waals surface area contributed by atoms with E-state index in [0.29, 0.717) is 24.3 Å². The zero-order valence-corrected chi connectivity index (χ0v) is 16.3. The van der Waals surface area contributed by atoms with Gasteiger partial charge in [0, 0.05) is 20.1 Å². The zero-order valence-electron chi connectivity index (χ0n) is 16.3. The van der Waals surface area contributed by atoms with Gasteiger partial charge in [0.25, 0.3) is 5.91 Å². The van der Waals surface area contributed by atoms with E-state index in [1.54, 1.807) is 57.8 Å². The summed E-state index contributed by atoms with van der Waals surface area (Å²) < 4.78 is 5.38. The minimum Gasteiger partial charge on any atom is -0.444 e. The second-order valence-corrected chi connectivity index (χ2v) is 7.80. The van der Waals surface area contributed by atoms with Crippen molar-refractivity contribution in [3.8, 4) is 0 Å². The average Bonchev–Trinajstić information content (AvgIpc) is 3.06. The lowest BCUT2D eigenvalue weighted by Gasteiger charge is -2.34. The van der Waals surface area contributed by atoms with Crippen LogP contribution >= 0.6 is 0 Å². The summed E-state index contributed by atoms with van der Waals surface area (Å²) in [6.45, 7) is 8.43. The fourth-order valence-corrected chi connectivity index (χ4v) is 3.09. The number of likely N-dealkylation sites (tertiary alicyclic amines) is 1. The molecule has 2 amide bonds. The van der Waals surface area contributed by atoms with Gasteiger partial charge in [-0.15, -0.1) is 0 Å². The van der Waals surface area contributed by atoms with Crippen LogP contribution in [0.3, 0.4) is 0 Å². The number of benzene rings is 1. The molecule has 1 fully saturated rings. The second-order valence-electron chi connectivity index (χ2n) is 7.80. The van der Waals surface area contributed by atoms with E-state index in [0.717, 1.165) is 18.5 Å². The lowest BCUT2D eigenvalue weighted by atomic mass is 9.89. The smallest absolute Gasteiger partial charge is 0.408 e. The van der Waals surface area contributed by atoms with Gasteiger partial charge in [-0.2, -0.15) is 0 Å². The van der Waals surface area contributed by atoms with Crippen molar-refractivity contribution in [1.29, 1.82) is 0 Å². The number of carbonyl (C=O) groups excluding carboxylic acids is 2. The van der Waals surface area contributed by atoms with Crippen LogP contribution in [-0.2, 0) is 15.1 Å². The van der Waals surface area contributed by atoms with Gasteiger partial charge in [-0.3, -0.25) is 4.79 Å². The van der Waals surface area contributed by atoms with Crippen LogP contribution in [0.25, 0.3) is 0 Å². The Labute approximate surface area is 155 Å². The number of alkyl carbamates (subject to hydrolysis) is 1. The summed E-state index contributed by atoms with van der Waals surface area (Å²) in [5.74, 6) is -0.155. The maximum Gasteiger partial charge on any atom is 0.408 e. The van der Waals surface area contributed by atoms with Gasteiger partial charge in [0.15, 0.2) is 0 Å². The number of nitrogens with one attached hydrogen (secondary N) is 2. The Bertz CT molecular complexity index is 678. The highest BCUT2D eigenvalue weighted by atomic mass is 16.6. The van der Waals surface area contributed by atoms with Crippen LogP contribution in [0.1, 0.15) is 46.1 Å². The molecule has 1 aliphatic heterocycles. The van der Waals surface area contributed by atoms with Crippen molar-refractivity contribution < 1.29 is 14.3 Å². The van der Waals surface area contributed by atoms with E-state index in [1.165, 1.54) is 0 Å². The van der Waals surface area contributed by atoms with Crippen molar-refractivity contribution >= 4 is 23.4 Å². The fraction of sp³-hybridized carbons (Fsp3) is 0.579. The summed E-state index contributed by atoms with van der Waals surface area (Å²) in [5, 5.41) is 5.78. The summed E-state index contributed by atoms with van der Waals surface area (Å²) in [7, 11) is 1.78. The molecule has 4 N–H and O–H groups in total. The molecule has 0 spiro atoms. The molecule has 0 bridgehead atoms. The van der Waals surface area contributed by atoms with Crippen LogP contribution in [0, 0.1) is 0 Å². The molecular weight excluding hydrogens is 332 g/mol. The van der Waals surface area contributed by atoms with Gasteiger partial charge in [0.05, 0.1) is 11.4 Å². The molecule has 0 aliphatic carbocycles. The molecule has 0 radical (unpaired) electrons. The zero-order chi connectivity index (χ0) is 19.5. The van der Waals surface area contributed by atoms with Crippen LogP contribution < -0.4 is 16.4 Å². The standard InChI is InChI=1S/C19H30N4O3/c1-18(2,3)26-17(25)22-19(4,16(24)23-10-6-7-11-23)13-8-9-15(21-5)14(20)12-13/h8-9,12,21H,6-7,10-11,20H2,1-5H3,(H,22,25). The molecule has 1 aromatic rings. The molecule has 1 heterocycles. The van der Waals surface area contributed by atoms with E-state index in [4.69, 9.17) is 10.5 Å². The molecule has 7 heteroatoms. The summed E-state index contributed by atoms with van der Waals surface area (Å²) in [6, 6.07) is 5.32. The van der Waals surface area contributed by atoms with Crippen molar-refractivity contribution in [2.75, 3.05) is 31.2 Å². The maximum atomic E-state index is 13.2. The topological polar surface area (TPSA) is 96.7 Å². The number of hydrogen-bond donors (Lipinski definition) is 3. The Hall–Kier alpha value is -2.44. The number of ether oxygens (including phenoxy) is 1. The van der Waals surface area contributed by atoms with Crippen molar-refractivity contribution in [3.05, 3.63) is 23.8 Å². The predicted molar refractivity (Wildman–Crippen MR) is 103 cm³/mol. The SMILES string of the molecule is CNc1ccc(C(C)(NC(=O)OC(C)(C)C)C(=O)N2CCCC2)cc1N. The third-order valence-electron chi connectivity index (χ3n) is 4.47. The number of nitrogens with zero attached hydrogens (tertiary/aromatic N) is 1. The van der Waals surface area contributed by atoms with Crippen LogP contribution in [0.15, 0.2) is 18.2 Å². The molecule has 26 heavy (non-hydrogen) atoms. The highest BCUT2D eigenvalue weighted by Gasteiger charge is 2.42. The van der Waals surface area contributed by atoms with Gasteiger partial charge in [-0.1, -0.05) is 6.07 Å². The lowest BCUT2D eigenvalue weighted by Crippen LogP contribution is -2.55. The molecule has 0 aromatic heterocycles. The van der Waals surface area contributed by atoms with Crippen LogP contribution in [-0.4, -0.2) is 42.6 Å². The van der Waals surface area contributed by atoms with Crippen molar-refractivity contribution in [1.82, 2.24) is 10.2 Å². The Morgan fingerprint density at radius 3 is 2.27 bits per heavy atom. The molecule has 0 saturated carbocycles. The molecule has 1 aliphatic rings. The molecule has 1 saturated heterocycles. The van der Waals surface area contributed by atoms with Gasteiger partial charge in [0.1, 0.15) is 11.1 Å². The fourth-order valence-electron chi connectivity index (χ4n) is 3.09. The van der Waals surface area contributed by atoms with E-state index < -0.39 is 17.2 Å². The van der Waals surface area contributed by atoms with Crippen molar-refractivity contribution in [2.45, 2.75) is 51.7 Å².